The highest BCUT2D eigenvalue weighted by Gasteiger charge is 2.14. The maximum Gasteiger partial charge on any atom is 0.115 e. The summed E-state index contributed by atoms with van der Waals surface area (Å²) in [6.07, 6.45) is 1.83. The molecule has 18 heavy (non-hydrogen) atoms. The van der Waals surface area contributed by atoms with Gasteiger partial charge in [-0.05, 0) is 5.56 Å². The lowest BCUT2D eigenvalue weighted by Crippen LogP contribution is -2.11. The summed E-state index contributed by atoms with van der Waals surface area (Å²) < 4.78 is 0. The van der Waals surface area contributed by atoms with E-state index in [4.69, 9.17) is 5.73 Å². The highest BCUT2D eigenvalue weighted by Crippen LogP contribution is 2.29. The minimum atomic E-state index is -0.155. The number of nitrogens with two attached hydrogens (primary N) is 1. The van der Waals surface area contributed by atoms with Gasteiger partial charge in [0, 0.05) is 11.6 Å². The van der Waals surface area contributed by atoms with Crippen LogP contribution in [0, 0.1) is 0 Å². The smallest absolute Gasteiger partial charge is 0.115 e. The predicted molar refractivity (Wildman–Crippen MR) is 75.7 cm³/mol. The van der Waals surface area contributed by atoms with E-state index in [0.717, 1.165) is 21.1 Å². The highest BCUT2D eigenvalue weighted by molar-refractivity contribution is 7.14. The molecule has 0 saturated carbocycles. The SMILES string of the molecule is NC(c1ccccc1)c1nc(-c2cncs2)cs1. The van der Waals surface area contributed by atoms with Gasteiger partial charge in [-0.2, -0.15) is 0 Å². The van der Waals surface area contributed by atoms with Gasteiger partial charge in [-0.3, -0.25) is 4.98 Å². The molecule has 90 valence electrons. The Balaban J connectivity index is 1.90. The summed E-state index contributed by atoms with van der Waals surface area (Å²) in [6.45, 7) is 0. The lowest BCUT2D eigenvalue weighted by atomic mass is 10.1. The fourth-order valence-electron chi connectivity index (χ4n) is 1.69. The first kappa shape index (κ1) is 11.5. The molecule has 0 aliphatic rings. The summed E-state index contributed by atoms with van der Waals surface area (Å²) in [5, 5.41) is 2.97. The summed E-state index contributed by atoms with van der Waals surface area (Å²) >= 11 is 3.18. The summed E-state index contributed by atoms with van der Waals surface area (Å²) in [6, 6.07) is 9.87. The molecule has 2 N–H and O–H groups in total. The predicted octanol–water partition coefficient (Wildman–Crippen LogP) is 3.31. The average molecular weight is 273 g/mol. The lowest BCUT2D eigenvalue weighted by molar-refractivity contribution is 0.859. The van der Waals surface area contributed by atoms with Crippen LogP contribution in [0.4, 0.5) is 0 Å². The first-order valence-corrected chi connectivity index (χ1v) is 7.25. The Bertz CT molecular complexity index is 617. The molecule has 1 aromatic carbocycles. The third-order valence-electron chi connectivity index (χ3n) is 2.63. The molecular formula is C13H11N3S2. The minimum Gasteiger partial charge on any atom is -0.318 e. The van der Waals surface area contributed by atoms with Crippen LogP contribution in [-0.2, 0) is 0 Å². The Hall–Kier alpha value is -1.56. The summed E-state index contributed by atoms with van der Waals surface area (Å²) in [4.78, 5) is 9.74. The fourth-order valence-corrected chi connectivity index (χ4v) is 3.19. The molecule has 0 spiro atoms. The van der Waals surface area contributed by atoms with Gasteiger partial charge in [0.1, 0.15) is 5.01 Å². The van der Waals surface area contributed by atoms with Crippen LogP contribution in [-0.4, -0.2) is 9.97 Å². The molecule has 5 heteroatoms. The monoisotopic (exact) mass is 273 g/mol. The van der Waals surface area contributed by atoms with Crippen molar-refractivity contribution in [3.63, 3.8) is 0 Å². The summed E-state index contributed by atoms with van der Waals surface area (Å²) in [7, 11) is 0. The molecule has 1 atom stereocenters. The topological polar surface area (TPSA) is 51.8 Å². The zero-order chi connectivity index (χ0) is 12.4. The van der Waals surface area contributed by atoms with Crippen LogP contribution in [0.25, 0.3) is 10.6 Å². The van der Waals surface area contributed by atoms with E-state index in [9.17, 15) is 0 Å². The van der Waals surface area contributed by atoms with E-state index in [1.165, 1.54) is 0 Å². The Kier molecular flexibility index (Phi) is 3.19. The number of hydrogen-bond acceptors (Lipinski definition) is 5. The van der Waals surface area contributed by atoms with Gasteiger partial charge in [0.15, 0.2) is 0 Å². The molecule has 0 bridgehead atoms. The molecule has 1 unspecified atom stereocenters. The van der Waals surface area contributed by atoms with E-state index >= 15 is 0 Å². The van der Waals surface area contributed by atoms with Crippen LogP contribution < -0.4 is 5.73 Å². The molecule has 0 saturated heterocycles. The molecule has 2 heterocycles. The van der Waals surface area contributed by atoms with Crippen molar-refractivity contribution in [1.29, 1.82) is 0 Å². The van der Waals surface area contributed by atoms with Gasteiger partial charge in [-0.1, -0.05) is 30.3 Å². The van der Waals surface area contributed by atoms with Gasteiger partial charge in [-0.25, -0.2) is 4.98 Å². The van der Waals surface area contributed by atoms with Crippen LogP contribution in [0.3, 0.4) is 0 Å². The van der Waals surface area contributed by atoms with E-state index in [1.807, 2.05) is 47.4 Å². The van der Waals surface area contributed by atoms with Gasteiger partial charge >= 0.3 is 0 Å². The summed E-state index contributed by atoms with van der Waals surface area (Å²) in [5.41, 5.74) is 10.1. The number of aromatic nitrogens is 2. The number of hydrogen-bond donors (Lipinski definition) is 1. The first-order chi connectivity index (χ1) is 8.84. The van der Waals surface area contributed by atoms with E-state index in [-0.39, 0.29) is 6.04 Å². The van der Waals surface area contributed by atoms with Gasteiger partial charge in [0.25, 0.3) is 0 Å². The second kappa shape index (κ2) is 4.97. The Morgan fingerprint density at radius 2 is 1.94 bits per heavy atom. The Labute approximate surface area is 113 Å². The van der Waals surface area contributed by atoms with Gasteiger partial charge < -0.3 is 5.73 Å². The van der Waals surface area contributed by atoms with Crippen LogP contribution in [0.1, 0.15) is 16.6 Å². The zero-order valence-corrected chi connectivity index (χ0v) is 11.1. The molecule has 0 aliphatic heterocycles. The quantitative estimate of drug-likeness (QED) is 0.796. The Morgan fingerprint density at radius 3 is 2.67 bits per heavy atom. The number of rotatable bonds is 3. The molecular weight excluding hydrogens is 262 g/mol. The number of thiazole rings is 2. The van der Waals surface area contributed by atoms with Crippen molar-refractivity contribution in [2.24, 2.45) is 5.73 Å². The third-order valence-corrected chi connectivity index (χ3v) is 4.35. The van der Waals surface area contributed by atoms with Crippen LogP contribution in [0.15, 0.2) is 47.4 Å². The highest BCUT2D eigenvalue weighted by atomic mass is 32.1. The number of nitrogens with zero attached hydrogens (tertiary/aromatic N) is 2. The lowest BCUT2D eigenvalue weighted by Gasteiger charge is -2.07. The van der Waals surface area contributed by atoms with Gasteiger partial charge in [-0.15, -0.1) is 22.7 Å². The van der Waals surface area contributed by atoms with Crippen LogP contribution in [0.2, 0.25) is 0 Å². The second-order valence-electron chi connectivity index (χ2n) is 3.83. The molecule has 0 radical (unpaired) electrons. The molecule has 3 aromatic rings. The molecule has 0 aliphatic carbocycles. The third kappa shape index (κ3) is 2.20. The van der Waals surface area contributed by atoms with E-state index < -0.39 is 0 Å². The van der Waals surface area contributed by atoms with Gasteiger partial charge in [0.05, 0.1) is 22.1 Å². The maximum absolute atomic E-state index is 6.22. The van der Waals surface area contributed by atoms with Crippen molar-refractivity contribution >= 4 is 22.7 Å². The van der Waals surface area contributed by atoms with Crippen LogP contribution >= 0.6 is 22.7 Å². The molecule has 2 aromatic heterocycles. The second-order valence-corrected chi connectivity index (χ2v) is 5.60. The van der Waals surface area contributed by atoms with E-state index in [2.05, 4.69) is 9.97 Å². The maximum atomic E-state index is 6.22. The average Bonchev–Trinajstić information content (AvgIpc) is 3.09. The molecule has 3 nitrogen and oxygen atoms in total. The van der Waals surface area contributed by atoms with Crippen molar-refractivity contribution in [1.82, 2.24) is 9.97 Å². The normalized spacial score (nSPS) is 12.5. The van der Waals surface area contributed by atoms with Crippen molar-refractivity contribution in [2.75, 3.05) is 0 Å². The van der Waals surface area contributed by atoms with E-state index in [0.29, 0.717) is 0 Å². The Morgan fingerprint density at radius 1 is 1.11 bits per heavy atom. The molecule has 0 fully saturated rings. The van der Waals surface area contributed by atoms with Crippen molar-refractivity contribution in [3.8, 4) is 10.6 Å². The standard InChI is InChI=1S/C13H11N3S2/c14-12(9-4-2-1-3-5-9)13-16-10(7-17-13)11-6-15-8-18-11/h1-8,12H,14H2. The van der Waals surface area contributed by atoms with Crippen molar-refractivity contribution in [2.45, 2.75) is 6.04 Å². The molecule has 0 amide bonds. The van der Waals surface area contributed by atoms with E-state index in [1.54, 1.807) is 22.7 Å². The summed E-state index contributed by atoms with van der Waals surface area (Å²) in [5.74, 6) is 0. The first-order valence-electron chi connectivity index (χ1n) is 5.49. The largest absolute Gasteiger partial charge is 0.318 e. The fraction of sp³-hybridized carbons (Fsp3) is 0.0769. The van der Waals surface area contributed by atoms with Gasteiger partial charge in [0.2, 0.25) is 0 Å². The zero-order valence-electron chi connectivity index (χ0n) is 9.48. The van der Waals surface area contributed by atoms with Crippen molar-refractivity contribution < 1.29 is 0 Å². The molecule has 3 rings (SSSR count). The number of benzene rings is 1. The van der Waals surface area contributed by atoms with Crippen molar-refractivity contribution in [3.05, 3.63) is 58.0 Å². The minimum absolute atomic E-state index is 0.155. The van der Waals surface area contributed by atoms with Crippen LogP contribution in [0.5, 0.6) is 0 Å².